The number of benzene rings is 1. The van der Waals surface area contributed by atoms with E-state index in [1.165, 1.54) is 0 Å². The summed E-state index contributed by atoms with van der Waals surface area (Å²) in [5.74, 6) is 0. The molecule has 0 atom stereocenters. The van der Waals surface area contributed by atoms with E-state index in [2.05, 4.69) is 9.71 Å². The third-order valence-corrected chi connectivity index (χ3v) is 6.13. The van der Waals surface area contributed by atoms with Crippen LogP contribution in [0.25, 0.3) is 10.6 Å². The Morgan fingerprint density at radius 3 is 2.71 bits per heavy atom. The van der Waals surface area contributed by atoms with Crippen molar-refractivity contribution in [2.75, 3.05) is 0 Å². The SMILES string of the molecule is Cc1ccc(C)c(S(=O)(=O)NCc2ccnc(-c3cccs3)c2)c1. The molecule has 0 aliphatic carbocycles. The fourth-order valence-corrected chi connectivity index (χ4v) is 4.43. The predicted octanol–water partition coefficient (Wildman–Crippen LogP) is 3.91. The van der Waals surface area contributed by atoms with Gasteiger partial charge in [-0.1, -0.05) is 18.2 Å². The topological polar surface area (TPSA) is 59.1 Å². The van der Waals surface area contributed by atoms with Gasteiger partial charge in [0.25, 0.3) is 0 Å². The van der Waals surface area contributed by atoms with Crippen LogP contribution < -0.4 is 4.72 Å². The van der Waals surface area contributed by atoms with Gasteiger partial charge in [0, 0.05) is 12.7 Å². The van der Waals surface area contributed by atoms with Crippen molar-refractivity contribution in [2.45, 2.75) is 25.3 Å². The van der Waals surface area contributed by atoms with E-state index in [9.17, 15) is 8.42 Å². The van der Waals surface area contributed by atoms with Crippen LogP contribution in [0.4, 0.5) is 0 Å². The largest absolute Gasteiger partial charge is 0.255 e. The second kappa shape index (κ2) is 6.84. The Bertz CT molecular complexity index is 949. The minimum Gasteiger partial charge on any atom is -0.255 e. The van der Waals surface area contributed by atoms with Crippen LogP contribution in [0, 0.1) is 13.8 Å². The number of sulfonamides is 1. The van der Waals surface area contributed by atoms with Gasteiger partial charge in [-0.25, -0.2) is 13.1 Å². The normalized spacial score (nSPS) is 11.6. The third-order valence-electron chi connectivity index (χ3n) is 3.70. The van der Waals surface area contributed by atoms with Crippen molar-refractivity contribution in [3.63, 3.8) is 0 Å². The highest BCUT2D eigenvalue weighted by atomic mass is 32.2. The first kappa shape index (κ1) is 16.8. The summed E-state index contributed by atoms with van der Waals surface area (Å²) < 4.78 is 27.8. The van der Waals surface area contributed by atoms with E-state index < -0.39 is 10.0 Å². The number of hydrogen-bond acceptors (Lipinski definition) is 4. The first-order chi connectivity index (χ1) is 11.5. The molecule has 0 spiro atoms. The summed E-state index contributed by atoms with van der Waals surface area (Å²) in [6, 6.07) is 13.1. The van der Waals surface area contributed by atoms with E-state index in [0.29, 0.717) is 4.90 Å². The van der Waals surface area contributed by atoms with Crippen LogP contribution in [0.2, 0.25) is 0 Å². The lowest BCUT2D eigenvalue weighted by molar-refractivity contribution is 0.580. The van der Waals surface area contributed by atoms with E-state index in [4.69, 9.17) is 0 Å². The molecular formula is C18H18N2O2S2. The number of aryl methyl sites for hydroxylation is 2. The zero-order valence-corrected chi connectivity index (χ0v) is 15.1. The number of aromatic nitrogens is 1. The monoisotopic (exact) mass is 358 g/mol. The summed E-state index contributed by atoms with van der Waals surface area (Å²) in [5, 5.41) is 1.99. The van der Waals surface area contributed by atoms with Gasteiger partial charge in [-0.05, 0) is 60.2 Å². The summed E-state index contributed by atoms with van der Waals surface area (Å²) in [5.41, 5.74) is 3.39. The predicted molar refractivity (Wildman–Crippen MR) is 97.5 cm³/mol. The van der Waals surface area contributed by atoms with Gasteiger partial charge in [0.1, 0.15) is 0 Å². The number of nitrogens with one attached hydrogen (secondary N) is 1. The molecule has 0 fully saturated rings. The number of nitrogens with zero attached hydrogens (tertiary/aromatic N) is 1. The van der Waals surface area contributed by atoms with Crippen LogP contribution in [0.1, 0.15) is 16.7 Å². The average Bonchev–Trinajstić information content (AvgIpc) is 3.10. The van der Waals surface area contributed by atoms with E-state index in [1.807, 2.05) is 48.7 Å². The smallest absolute Gasteiger partial charge is 0.241 e. The first-order valence-electron chi connectivity index (χ1n) is 7.51. The first-order valence-corrected chi connectivity index (χ1v) is 9.88. The van der Waals surface area contributed by atoms with E-state index >= 15 is 0 Å². The molecule has 0 amide bonds. The van der Waals surface area contributed by atoms with Gasteiger partial charge in [0.05, 0.1) is 15.5 Å². The van der Waals surface area contributed by atoms with Crippen molar-refractivity contribution < 1.29 is 8.42 Å². The van der Waals surface area contributed by atoms with E-state index in [-0.39, 0.29) is 6.54 Å². The van der Waals surface area contributed by atoms with Crippen LogP contribution in [0.3, 0.4) is 0 Å². The Labute approximate surface area is 146 Å². The maximum atomic E-state index is 12.6. The fraction of sp³-hybridized carbons (Fsp3) is 0.167. The summed E-state index contributed by atoms with van der Waals surface area (Å²) >= 11 is 1.61. The lowest BCUT2D eigenvalue weighted by Gasteiger charge is -2.10. The molecule has 0 bridgehead atoms. The number of pyridine rings is 1. The van der Waals surface area contributed by atoms with Crippen molar-refractivity contribution in [2.24, 2.45) is 0 Å². The van der Waals surface area contributed by atoms with Crippen molar-refractivity contribution in [1.29, 1.82) is 0 Å². The lowest BCUT2D eigenvalue weighted by Crippen LogP contribution is -2.24. The zero-order chi connectivity index (χ0) is 17.2. The Balaban J connectivity index is 1.80. The zero-order valence-electron chi connectivity index (χ0n) is 13.5. The molecule has 1 aromatic carbocycles. The van der Waals surface area contributed by atoms with Crippen LogP contribution in [0.5, 0.6) is 0 Å². The molecule has 2 heterocycles. The molecule has 0 aliphatic rings. The molecule has 0 radical (unpaired) electrons. The lowest BCUT2D eigenvalue weighted by atomic mass is 10.2. The summed E-state index contributed by atoms with van der Waals surface area (Å²) in [6.07, 6.45) is 1.70. The highest BCUT2D eigenvalue weighted by molar-refractivity contribution is 7.89. The van der Waals surface area contributed by atoms with Gasteiger partial charge in [0.15, 0.2) is 0 Å². The molecule has 124 valence electrons. The Hall–Kier alpha value is -2.02. The van der Waals surface area contributed by atoms with Crippen LogP contribution in [0.15, 0.2) is 58.9 Å². The van der Waals surface area contributed by atoms with Crippen molar-refractivity contribution in [3.8, 4) is 10.6 Å². The van der Waals surface area contributed by atoms with Gasteiger partial charge in [0.2, 0.25) is 10.0 Å². The standard InChI is InChI=1S/C18H18N2O2S2/c1-13-5-6-14(2)18(10-13)24(21,22)20-12-15-7-8-19-16(11-15)17-4-3-9-23-17/h3-11,20H,12H2,1-2H3. The fourth-order valence-electron chi connectivity index (χ4n) is 2.40. The average molecular weight is 358 g/mol. The Kier molecular flexibility index (Phi) is 4.80. The van der Waals surface area contributed by atoms with Crippen molar-refractivity contribution >= 4 is 21.4 Å². The molecule has 3 rings (SSSR count). The maximum Gasteiger partial charge on any atom is 0.241 e. The van der Waals surface area contributed by atoms with Crippen LogP contribution in [-0.4, -0.2) is 13.4 Å². The molecule has 6 heteroatoms. The minimum absolute atomic E-state index is 0.233. The molecule has 24 heavy (non-hydrogen) atoms. The van der Waals surface area contributed by atoms with Gasteiger partial charge in [-0.3, -0.25) is 4.98 Å². The summed E-state index contributed by atoms with van der Waals surface area (Å²) in [6.45, 7) is 3.92. The summed E-state index contributed by atoms with van der Waals surface area (Å²) in [4.78, 5) is 5.74. The van der Waals surface area contributed by atoms with Gasteiger partial charge < -0.3 is 0 Å². The Morgan fingerprint density at radius 1 is 1.12 bits per heavy atom. The highest BCUT2D eigenvalue weighted by Gasteiger charge is 2.16. The third kappa shape index (κ3) is 3.72. The molecule has 0 aliphatic heterocycles. The molecular weight excluding hydrogens is 340 g/mol. The molecule has 0 unspecified atom stereocenters. The van der Waals surface area contributed by atoms with E-state index in [0.717, 1.165) is 27.3 Å². The number of thiophene rings is 1. The molecule has 1 N–H and O–H groups in total. The Morgan fingerprint density at radius 2 is 1.96 bits per heavy atom. The number of rotatable bonds is 5. The molecule has 4 nitrogen and oxygen atoms in total. The molecule has 0 saturated carbocycles. The maximum absolute atomic E-state index is 12.6. The van der Waals surface area contributed by atoms with Gasteiger partial charge >= 0.3 is 0 Å². The van der Waals surface area contributed by atoms with Gasteiger partial charge in [-0.15, -0.1) is 11.3 Å². The molecule has 2 aromatic heterocycles. The van der Waals surface area contributed by atoms with Gasteiger partial charge in [-0.2, -0.15) is 0 Å². The van der Waals surface area contributed by atoms with Crippen molar-refractivity contribution in [1.82, 2.24) is 9.71 Å². The molecule has 0 saturated heterocycles. The van der Waals surface area contributed by atoms with Crippen molar-refractivity contribution in [3.05, 3.63) is 70.7 Å². The minimum atomic E-state index is -3.55. The number of hydrogen-bond donors (Lipinski definition) is 1. The molecule has 3 aromatic rings. The quantitative estimate of drug-likeness (QED) is 0.752. The van der Waals surface area contributed by atoms with Crippen LogP contribution in [-0.2, 0) is 16.6 Å². The second-order valence-corrected chi connectivity index (χ2v) is 8.30. The van der Waals surface area contributed by atoms with E-state index in [1.54, 1.807) is 30.5 Å². The highest BCUT2D eigenvalue weighted by Crippen LogP contribution is 2.23. The van der Waals surface area contributed by atoms with Crippen LogP contribution >= 0.6 is 11.3 Å². The second-order valence-electron chi connectivity index (χ2n) is 5.62. The summed E-state index contributed by atoms with van der Waals surface area (Å²) in [7, 11) is -3.55.